The summed E-state index contributed by atoms with van der Waals surface area (Å²) in [6.45, 7) is 1.05. The molecule has 0 aliphatic rings. The van der Waals surface area contributed by atoms with Gasteiger partial charge in [0.25, 0.3) is 0 Å². The molecule has 0 aliphatic carbocycles. The zero-order chi connectivity index (χ0) is 19.8. The van der Waals surface area contributed by atoms with Gasteiger partial charge in [-0.15, -0.1) is 0 Å². The number of benzene rings is 1. The Balaban J connectivity index is 1.57. The summed E-state index contributed by atoms with van der Waals surface area (Å²) in [5.74, 6) is 0.395. The van der Waals surface area contributed by atoms with Gasteiger partial charge in [0.05, 0.1) is 0 Å². The highest BCUT2D eigenvalue weighted by molar-refractivity contribution is 5.89. The van der Waals surface area contributed by atoms with Crippen LogP contribution in [0.2, 0.25) is 0 Å². The average Bonchev–Trinajstić information content (AvgIpc) is 2.71. The standard InChI is InChI=1S/C21H22FN5O/c1-27(13-10-18-8-2-3-11-23-18)20-16(6-5-12-24-20)15-25-21(28)26-19-9-4-7-17(22)14-19/h2-9,11-12,14H,10,13,15H2,1H3,(H2,25,26,28). The molecular formula is C21H22FN5O. The van der Waals surface area contributed by atoms with Gasteiger partial charge in [0.2, 0.25) is 0 Å². The Bertz CT molecular complexity index is 919. The van der Waals surface area contributed by atoms with E-state index in [1.165, 1.54) is 12.1 Å². The number of carbonyl (C=O) groups excluding carboxylic acids is 1. The summed E-state index contributed by atoms with van der Waals surface area (Å²) in [4.78, 5) is 22.9. The number of carbonyl (C=O) groups is 1. The molecule has 1 aromatic carbocycles. The molecule has 144 valence electrons. The van der Waals surface area contributed by atoms with Gasteiger partial charge in [-0.25, -0.2) is 14.2 Å². The summed E-state index contributed by atoms with van der Waals surface area (Å²) in [5.41, 5.74) is 2.30. The molecule has 28 heavy (non-hydrogen) atoms. The maximum atomic E-state index is 13.2. The first-order valence-electron chi connectivity index (χ1n) is 8.97. The van der Waals surface area contributed by atoms with E-state index in [1.54, 1.807) is 24.5 Å². The molecular weight excluding hydrogens is 357 g/mol. The Morgan fingerprint density at radius 2 is 1.93 bits per heavy atom. The van der Waals surface area contributed by atoms with Crippen molar-refractivity contribution in [3.8, 4) is 0 Å². The highest BCUT2D eigenvalue weighted by Crippen LogP contribution is 2.16. The Kier molecular flexibility index (Phi) is 6.51. The van der Waals surface area contributed by atoms with E-state index in [9.17, 15) is 9.18 Å². The van der Waals surface area contributed by atoms with Crippen LogP contribution in [-0.4, -0.2) is 29.6 Å². The molecule has 0 fully saturated rings. The molecule has 0 aliphatic heterocycles. The molecule has 0 unspecified atom stereocenters. The monoisotopic (exact) mass is 379 g/mol. The van der Waals surface area contributed by atoms with Crippen molar-refractivity contribution in [1.82, 2.24) is 15.3 Å². The van der Waals surface area contributed by atoms with Crippen molar-refractivity contribution in [2.45, 2.75) is 13.0 Å². The van der Waals surface area contributed by atoms with Gasteiger partial charge in [0.1, 0.15) is 11.6 Å². The molecule has 0 bridgehead atoms. The highest BCUT2D eigenvalue weighted by atomic mass is 19.1. The molecule has 0 atom stereocenters. The summed E-state index contributed by atoms with van der Waals surface area (Å²) in [7, 11) is 1.96. The van der Waals surface area contributed by atoms with Crippen LogP contribution in [0.15, 0.2) is 67.0 Å². The molecule has 3 rings (SSSR count). The van der Waals surface area contributed by atoms with Crippen LogP contribution < -0.4 is 15.5 Å². The van der Waals surface area contributed by atoms with Crippen molar-refractivity contribution >= 4 is 17.5 Å². The van der Waals surface area contributed by atoms with Crippen LogP contribution in [0, 0.1) is 5.82 Å². The SMILES string of the molecule is CN(CCc1ccccn1)c1ncccc1CNC(=O)Nc1cccc(F)c1. The van der Waals surface area contributed by atoms with Gasteiger partial charge in [-0.3, -0.25) is 4.98 Å². The van der Waals surface area contributed by atoms with Gasteiger partial charge in [-0.1, -0.05) is 18.2 Å². The van der Waals surface area contributed by atoms with Crippen molar-refractivity contribution < 1.29 is 9.18 Å². The summed E-state index contributed by atoms with van der Waals surface area (Å²) >= 11 is 0. The number of amides is 2. The number of aromatic nitrogens is 2. The van der Waals surface area contributed by atoms with Gasteiger partial charge >= 0.3 is 6.03 Å². The molecule has 0 spiro atoms. The summed E-state index contributed by atoms with van der Waals surface area (Å²) in [5, 5.41) is 5.40. The van der Waals surface area contributed by atoms with Gasteiger partial charge < -0.3 is 15.5 Å². The molecule has 0 saturated heterocycles. The van der Waals surface area contributed by atoms with Gasteiger partial charge in [-0.05, 0) is 36.4 Å². The predicted molar refractivity (Wildman–Crippen MR) is 108 cm³/mol. The largest absolute Gasteiger partial charge is 0.359 e. The molecule has 0 radical (unpaired) electrons. The number of nitrogens with zero attached hydrogens (tertiary/aromatic N) is 3. The van der Waals surface area contributed by atoms with Crippen LogP contribution in [0.1, 0.15) is 11.3 Å². The number of anilines is 2. The van der Waals surface area contributed by atoms with Gasteiger partial charge in [0.15, 0.2) is 0 Å². The first-order chi connectivity index (χ1) is 13.6. The van der Waals surface area contributed by atoms with Gasteiger partial charge in [-0.2, -0.15) is 0 Å². The zero-order valence-corrected chi connectivity index (χ0v) is 15.6. The Morgan fingerprint density at radius 1 is 1.07 bits per heavy atom. The van der Waals surface area contributed by atoms with Crippen molar-refractivity contribution in [2.24, 2.45) is 0 Å². The lowest BCUT2D eigenvalue weighted by atomic mass is 10.2. The quantitative estimate of drug-likeness (QED) is 0.658. The lowest BCUT2D eigenvalue weighted by Gasteiger charge is -2.21. The van der Waals surface area contributed by atoms with Crippen molar-refractivity contribution in [3.05, 3.63) is 84.1 Å². The molecule has 7 heteroatoms. The first-order valence-corrected chi connectivity index (χ1v) is 8.97. The second-order valence-electron chi connectivity index (χ2n) is 6.30. The fourth-order valence-electron chi connectivity index (χ4n) is 2.76. The van der Waals surface area contributed by atoms with Crippen molar-refractivity contribution in [2.75, 3.05) is 23.8 Å². The topological polar surface area (TPSA) is 70.2 Å². The smallest absolute Gasteiger partial charge is 0.319 e. The number of hydrogen-bond donors (Lipinski definition) is 2. The summed E-state index contributed by atoms with van der Waals surface area (Å²) in [6.07, 6.45) is 4.30. The van der Waals surface area contributed by atoms with E-state index in [-0.39, 0.29) is 0 Å². The number of nitrogens with one attached hydrogen (secondary N) is 2. The van der Waals surface area contributed by atoms with E-state index < -0.39 is 11.8 Å². The number of pyridine rings is 2. The zero-order valence-electron chi connectivity index (χ0n) is 15.6. The number of halogens is 1. The predicted octanol–water partition coefficient (Wildman–Crippen LogP) is 3.62. The average molecular weight is 379 g/mol. The minimum atomic E-state index is -0.406. The fraction of sp³-hybridized carbons (Fsp3) is 0.190. The third-order valence-electron chi connectivity index (χ3n) is 4.18. The number of rotatable bonds is 7. The van der Waals surface area contributed by atoms with Crippen LogP contribution in [0.3, 0.4) is 0 Å². The maximum absolute atomic E-state index is 13.2. The molecule has 0 saturated carbocycles. The lowest BCUT2D eigenvalue weighted by Crippen LogP contribution is -2.30. The van der Waals surface area contributed by atoms with Crippen LogP contribution in [0.4, 0.5) is 20.7 Å². The molecule has 6 nitrogen and oxygen atoms in total. The summed E-state index contributed by atoms with van der Waals surface area (Å²) in [6, 6.07) is 15.0. The number of hydrogen-bond acceptors (Lipinski definition) is 4. The molecule has 3 aromatic rings. The van der Waals surface area contributed by atoms with Crippen LogP contribution >= 0.6 is 0 Å². The highest BCUT2D eigenvalue weighted by Gasteiger charge is 2.10. The molecule has 2 aromatic heterocycles. The normalized spacial score (nSPS) is 10.4. The Hall–Kier alpha value is -3.48. The fourth-order valence-corrected chi connectivity index (χ4v) is 2.76. The minimum Gasteiger partial charge on any atom is -0.359 e. The Morgan fingerprint density at radius 3 is 2.71 bits per heavy atom. The number of likely N-dealkylation sites (N-methyl/N-ethyl adjacent to an activating group) is 1. The van der Waals surface area contributed by atoms with Gasteiger partial charge in [0, 0.05) is 55.9 Å². The second kappa shape index (κ2) is 9.45. The first kappa shape index (κ1) is 19.3. The third kappa shape index (κ3) is 5.51. The summed E-state index contributed by atoms with van der Waals surface area (Å²) < 4.78 is 13.2. The van der Waals surface area contributed by atoms with E-state index >= 15 is 0 Å². The van der Waals surface area contributed by atoms with Crippen molar-refractivity contribution in [1.29, 1.82) is 0 Å². The van der Waals surface area contributed by atoms with E-state index in [0.29, 0.717) is 12.2 Å². The van der Waals surface area contributed by atoms with Crippen molar-refractivity contribution in [3.63, 3.8) is 0 Å². The lowest BCUT2D eigenvalue weighted by molar-refractivity contribution is 0.251. The van der Waals surface area contributed by atoms with E-state index in [0.717, 1.165) is 30.0 Å². The second-order valence-corrected chi connectivity index (χ2v) is 6.30. The third-order valence-corrected chi connectivity index (χ3v) is 4.18. The molecule has 2 N–H and O–H groups in total. The van der Waals surface area contributed by atoms with Crippen LogP contribution in [0.25, 0.3) is 0 Å². The van der Waals surface area contributed by atoms with Crippen LogP contribution in [-0.2, 0) is 13.0 Å². The van der Waals surface area contributed by atoms with E-state index in [2.05, 4.69) is 20.6 Å². The Labute approximate surface area is 163 Å². The van der Waals surface area contributed by atoms with Crippen LogP contribution in [0.5, 0.6) is 0 Å². The number of urea groups is 1. The molecule has 2 heterocycles. The molecule has 2 amide bonds. The maximum Gasteiger partial charge on any atom is 0.319 e. The van der Waals surface area contributed by atoms with E-state index in [1.807, 2.05) is 42.3 Å². The minimum absolute atomic E-state index is 0.304. The van der Waals surface area contributed by atoms with E-state index in [4.69, 9.17) is 0 Å².